The van der Waals surface area contributed by atoms with E-state index < -0.39 is 5.54 Å². The van der Waals surface area contributed by atoms with Crippen molar-refractivity contribution in [3.8, 4) is 0 Å². The molecule has 0 bridgehead atoms. The maximum absolute atomic E-state index is 11.7. The van der Waals surface area contributed by atoms with Crippen LogP contribution < -0.4 is 11.1 Å². The first kappa shape index (κ1) is 16.7. The highest BCUT2D eigenvalue weighted by Crippen LogP contribution is 2.25. The van der Waals surface area contributed by atoms with Gasteiger partial charge in [0, 0.05) is 19.2 Å². The molecule has 2 aliphatic rings. The van der Waals surface area contributed by atoms with Gasteiger partial charge in [-0.2, -0.15) is 0 Å². The van der Waals surface area contributed by atoms with E-state index >= 15 is 0 Å². The molecule has 5 heteroatoms. The molecule has 2 rings (SSSR count). The molecule has 1 saturated heterocycles. The van der Waals surface area contributed by atoms with Gasteiger partial charge in [-0.25, -0.2) is 0 Å². The van der Waals surface area contributed by atoms with Crippen LogP contribution in [0.15, 0.2) is 0 Å². The lowest BCUT2D eigenvalue weighted by molar-refractivity contribution is -0.124. The molecule has 5 nitrogen and oxygen atoms in total. The molecule has 3 N–H and O–H groups in total. The fourth-order valence-electron chi connectivity index (χ4n) is 3.03. The van der Waals surface area contributed by atoms with Crippen LogP contribution in [0.1, 0.15) is 51.9 Å². The molecule has 21 heavy (non-hydrogen) atoms. The number of carbonyl (C=O) groups is 1. The molecular weight excluding hydrogens is 266 g/mol. The molecular formula is C16H31N3O2. The van der Waals surface area contributed by atoms with Crippen molar-refractivity contribution in [3.05, 3.63) is 0 Å². The van der Waals surface area contributed by atoms with Crippen LogP contribution in [0.2, 0.25) is 0 Å². The highest BCUT2D eigenvalue weighted by molar-refractivity contribution is 5.84. The van der Waals surface area contributed by atoms with E-state index in [-0.39, 0.29) is 5.91 Å². The van der Waals surface area contributed by atoms with Gasteiger partial charge in [-0.1, -0.05) is 0 Å². The lowest BCUT2D eigenvalue weighted by atomic mass is 9.93. The van der Waals surface area contributed by atoms with E-state index in [9.17, 15) is 4.79 Å². The molecule has 122 valence electrons. The summed E-state index contributed by atoms with van der Waals surface area (Å²) in [6.07, 6.45) is 8.10. The van der Waals surface area contributed by atoms with Crippen molar-refractivity contribution in [1.29, 1.82) is 0 Å². The Morgan fingerprint density at radius 1 is 1.38 bits per heavy atom. The zero-order chi connectivity index (χ0) is 15.3. The fourth-order valence-corrected chi connectivity index (χ4v) is 3.03. The molecule has 0 aromatic rings. The van der Waals surface area contributed by atoms with Crippen molar-refractivity contribution in [2.75, 3.05) is 26.7 Å². The van der Waals surface area contributed by atoms with Gasteiger partial charge in [0.1, 0.15) is 0 Å². The number of ether oxygens (including phenoxy) is 1. The Kier molecular flexibility index (Phi) is 6.02. The molecule has 0 aromatic heterocycles. The van der Waals surface area contributed by atoms with E-state index in [1.54, 1.807) is 0 Å². The summed E-state index contributed by atoms with van der Waals surface area (Å²) < 4.78 is 5.65. The maximum Gasteiger partial charge on any atom is 0.237 e. The molecule has 0 aromatic carbocycles. The first-order valence-corrected chi connectivity index (χ1v) is 8.37. The second kappa shape index (κ2) is 7.56. The van der Waals surface area contributed by atoms with E-state index in [4.69, 9.17) is 10.5 Å². The Balaban J connectivity index is 1.61. The van der Waals surface area contributed by atoms with Gasteiger partial charge in [-0.3, -0.25) is 4.79 Å². The highest BCUT2D eigenvalue weighted by Gasteiger charge is 2.36. The summed E-state index contributed by atoms with van der Waals surface area (Å²) in [4.78, 5) is 14.0. The van der Waals surface area contributed by atoms with Gasteiger partial charge in [0.15, 0.2) is 0 Å². The molecule has 2 unspecified atom stereocenters. The topological polar surface area (TPSA) is 67.6 Å². The van der Waals surface area contributed by atoms with Gasteiger partial charge in [0.2, 0.25) is 5.91 Å². The van der Waals surface area contributed by atoms with Crippen LogP contribution in [0, 0.1) is 0 Å². The van der Waals surface area contributed by atoms with Crippen LogP contribution in [0.4, 0.5) is 0 Å². The van der Waals surface area contributed by atoms with Gasteiger partial charge in [0.25, 0.3) is 0 Å². The van der Waals surface area contributed by atoms with Crippen molar-refractivity contribution >= 4 is 5.91 Å². The summed E-state index contributed by atoms with van der Waals surface area (Å²) in [7, 11) is 2.15. The van der Waals surface area contributed by atoms with Crippen LogP contribution in [0.5, 0.6) is 0 Å². The molecule has 2 atom stereocenters. The van der Waals surface area contributed by atoms with Crippen LogP contribution in [0.25, 0.3) is 0 Å². The normalized spacial score (nSPS) is 25.2. The number of carbonyl (C=O) groups excluding carboxylic acids is 1. The number of hydrogen-bond donors (Lipinski definition) is 2. The Bertz CT molecular complexity index is 340. The maximum atomic E-state index is 11.7. The van der Waals surface area contributed by atoms with Crippen molar-refractivity contribution in [2.45, 2.75) is 69.6 Å². The third-order valence-electron chi connectivity index (χ3n) is 4.65. The average molecular weight is 297 g/mol. The standard InChI is InChI=1S/C16H31N3O2/c1-16(15(17)20,18-13-7-8-13)9-3-4-10-19(2)12-14-6-5-11-21-14/h13-14,18H,3-12H2,1-2H3,(H2,17,20). The lowest BCUT2D eigenvalue weighted by Crippen LogP contribution is -2.54. The van der Waals surface area contributed by atoms with Gasteiger partial charge in [-0.15, -0.1) is 0 Å². The predicted molar refractivity (Wildman–Crippen MR) is 84.1 cm³/mol. The second-order valence-corrected chi connectivity index (χ2v) is 6.97. The molecule has 0 radical (unpaired) electrons. The number of likely N-dealkylation sites (N-methyl/N-ethyl adjacent to an activating group) is 1. The van der Waals surface area contributed by atoms with Gasteiger partial charge < -0.3 is 20.7 Å². The van der Waals surface area contributed by atoms with Crippen LogP contribution >= 0.6 is 0 Å². The minimum absolute atomic E-state index is 0.220. The summed E-state index contributed by atoms with van der Waals surface area (Å²) in [6, 6.07) is 0.504. The number of primary amides is 1. The van der Waals surface area contributed by atoms with Crippen molar-refractivity contribution in [3.63, 3.8) is 0 Å². The van der Waals surface area contributed by atoms with Gasteiger partial charge >= 0.3 is 0 Å². The number of rotatable bonds is 10. The van der Waals surface area contributed by atoms with E-state index in [2.05, 4.69) is 17.3 Å². The minimum Gasteiger partial charge on any atom is -0.377 e. The first-order chi connectivity index (χ1) is 9.99. The molecule has 1 heterocycles. The second-order valence-electron chi connectivity index (χ2n) is 6.97. The van der Waals surface area contributed by atoms with Crippen LogP contribution in [-0.2, 0) is 9.53 Å². The Labute approximate surface area is 128 Å². The smallest absolute Gasteiger partial charge is 0.237 e. The molecule has 1 aliphatic heterocycles. The van der Waals surface area contributed by atoms with Gasteiger partial charge in [-0.05, 0) is 65.5 Å². The molecule has 1 saturated carbocycles. The number of nitrogens with zero attached hydrogens (tertiary/aromatic N) is 1. The number of unbranched alkanes of at least 4 members (excludes halogenated alkanes) is 1. The molecule has 0 spiro atoms. The van der Waals surface area contributed by atoms with E-state index in [0.29, 0.717) is 12.1 Å². The number of nitrogens with two attached hydrogens (primary N) is 1. The summed E-state index contributed by atoms with van der Waals surface area (Å²) >= 11 is 0. The number of amides is 1. The zero-order valence-corrected chi connectivity index (χ0v) is 13.6. The third kappa shape index (κ3) is 5.57. The number of nitrogens with one attached hydrogen (secondary N) is 1. The largest absolute Gasteiger partial charge is 0.377 e. The molecule has 2 fully saturated rings. The van der Waals surface area contributed by atoms with Gasteiger partial charge in [0.05, 0.1) is 11.6 Å². The van der Waals surface area contributed by atoms with Crippen molar-refractivity contribution in [1.82, 2.24) is 10.2 Å². The van der Waals surface area contributed by atoms with Crippen LogP contribution in [-0.4, -0.2) is 55.2 Å². The number of hydrogen-bond acceptors (Lipinski definition) is 4. The quantitative estimate of drug-likeness (QED) is 0.596. The summed E-state index contributed by atoms with van der Waals surface area (Å²) in [5.41, 5.74) is 5.04. The summed E-state index contributed by atoms with van der Waals surface area (Å²) in [5.74, 6) is -0.220. The summed E-state index contributed by atoms with van der Waals surface area (Å²) in [6.45, 7) is 4.94. The van der Waals surface area contributed by atoms with E-state index in [1.807, 2.05) is 6.92 Å². The fraction of sp³-hybridized carbons (Fsp3) is 0.938. The third-order valence-corrected chi connectivity index (χ3v) is 4.65. The Morgan fingerprint density at radius 3 is 2.71 bits per heavy atom. The molecule has 1 amide bonds. The average Bonchev–Trinajstić information content (AvgIpc) is 3.08. The van der Waals surface area contributed by atoms with Crippen molar-refractivity contribution in [2.24, 2.45) is 5.73 Å². The lowest BCUT2D eigenvalue weighted by Gasteiger charge is -2.28. The zero-order valence-electron chi connectivity index (χ0n) is 13.6. The monoisotopic (exact) mass is 297 g/mol. The van der Waals surface area contributed by atoms with Crippen LogP contribution in [0.3, 0.4) is 0 Å². The minimum atomic E-state index is -0.533. The summed E-state index contributed by atoms with van der Waals surface area (Å²) in [5, 5.41) is 3.41. The van der Waals surface area contributed by atoms with Crippen molar-refractivity contribution < 1.29 is 9.53 Å². The Morgan fingerprint density at radius 2 is 2.14 bits per heavy atom. The Hall–Kier alpha value is -0.650. The SMILES string of the molecule is CN(CCCCC(C)(NC1CC1)C(N)=O)CC1CCCO1. The van der Waals surface area contributed by atoms with E-state index in [1.165, 1.54) is 25.7 Å². The molecule has 1 aliphatic carbocycles. The first-order valence-electron chi connectivity index (χ1n) is 8.37. The highest BCUT2D eigenvalue weighted by atomic mass is 16.5. The predicted octanol–water partition coefficient (Wildman–Crippen LogP) is 1.26. The van der Waals surface area contributed by atoms with E-state index in [0.717, 1.165) is 39.0 Å².